The molecular formula is C17H28N2O. The van der Waals surface area contributed by atoms with Crippen molar-refractivity contribution in [1.82, 2.24) is 10.2 Å². The molecular weight excluding hydrogens is 248 g/mol. The average Bonchev–Trinajstić information content (AvgIpc) is 3.30. The monoisotopic (exact) mass is 276 g/mol. The first-order valence-corrected chi connectivity index (χ1v) is 7.92. The highest BCUT2D eigenvalue weighted by Gasteiger charge is 2.25. The Labute approximate surface area is 123 Å². The molecule has 20 heavy (non-hydrogen) atoms. The highest BCUT2D eigenvalue weighted by Crippen LogP contribution is 2.24. The molecule has 1 aliphatic rings. The van der Waals surface area contributed by atoms with Gasteiger partial charge in [-0.3, -0.25) is 0 Å². The van der Waals surface area contributed by atoms with E-state index >= 15 is 0 Å². The third kappa shape index (κ3) is 5.51. The molecule has 1 N–H and O–H groups in total. The Bertz CT molecular complexity index is 373. The van der Waals surface area contributed by atoms with Crippen molar-refractivity contribution in [3.8, 4) is 5.75 Å². The van der Waals surface area contributed by atoms with Crippen molar-refractivity contribution < 1.29 is 4.74 Å². The summed E-state index contributed by atoms with van der Waals surface area (Å²) in [4.78, 5) is 2.46. The van der Waals surface area contributed by atoms with Gasteiger partial charge in [0.05, 0.1) is 6.61 Å². The van der Waals surface area contributed by atoms with E-state index < -0.39 is 0 Å². The van der Waals surface area contributed by atoms with E-state index in [2.05, 4.69) is 48.5 Å². The van der Waals surface area contributed by atoms with Gasteiger partial charge in [-0.15, -0.1) is 0 Å². The SMILES string of the molecule is CCCCOc1ccc(CNCCN(C)C2CC2)cc1. The molecule has 1 fully saturated rings. The number of ether oxygens (including phenoxy) is 1. The maximum atomic E-state index is 5.66. The molecule has 0 amide bonds. The Morgan fingerprint density at radius 1 is 1.25 bits per heavy atom. The molecule has 0 atom stereocenters. The molecule has 0 aliphatic heterocycles. The van der Waals surface area contributed by atoms with E-state index in [0.29, 0.717) is 0 Å². The van der Waals surface area contributed by atoms with Crippen molar-refractivity contribution in [2.24, 2.45) is 0 Å². The minimum atomic E-state index is 0.821. The van der Waals surface area contributed by atoms with Crippen molar-refractivity contribution >= 4 is 0 Å². The smallest absolute Gasteiger partial charge is 0.119 e. The summed E-state index contributed by atoms with van der Waals surface area (Å²) in [5.74, 6) is 0.982. The lowest BCUT2D eigenvalue weighted by atomic mass is 10.2. The first-order valence-electron chi connectivity index (χ1n) is 7.92. The van der Waals surface area contributed by atoms with E-state index in [1.807, 2.05) is 0 Å². The molecule has 0 radical (unpaired) electrons. The van der Waals surface area contributed by atoms with Crippen LogP contribution in [0.4, 0.5) is 0 Å². The minimum absolute atomic E-state index is 0.821. The minimum Gasteiger partial charge on any atom is -0.494 e. The van der Waals surface area contributed by atoms with E-state index in [4.69, 9.17) is 4.74 Å². The summed E-state index contributed by atoms with van der Waals surface area (Å²) in [5.41, 5.74) is 1.32. The molecule has 0 heterocycles. The maximum absolute atomic E-state index is 5.66. The van der Waals surface area contributed by atoms with E-state index in [0.717, 1.165) is 44.5 Å². The van der Waals surface area contributed by atoms with Crippen LogP contribution in [0.2, 0.25) is 0 Å². The lowest BCUT2D eigenvalue weighted by Gasteiger charge is -2.15. The fourth-order valence-corrected chi connectivity index (χ4v) is 2.22. The van der Waals surface area contributed by atoms with Crippen LogP contribution in [0, 0.1) is 0 Å². The second kappa shape index (κ2) is 8.28. The number of benzene rings is 1. The van der Waals surface area contributed by atoms with Crippen LogP contribution in [0.5, 0.6) is 5.75 Å². The quantitative estimate of drug-likeness (QED) is 0.665. The zero-order valence-corrected chi connectivity index (χ0v) is 12.9. The summed E-state index contributed by atoms with van der Waals surface area (Å²) in [6, 6.07) is 9.31. The Balaban J connectivity index is 1.60. The molecule has 1 saturated carbocycles. The van der Waals surface area contributed by atoms with Gasteiger partial charge in [0.1, 0.15) is 5.75 Å². The third-order valence-electron chi connectivity index (χ3n) is 3.83. The number of likely N-dealkylation sites (N-methyl/N-ethyl adjacent to an activating group) is 1. The first kappa shape index (κ1) is 15.3. The summed E-state index contributed by atoms with van der Waals surface area (Å²) < 4.78 is 5.66. The van der Waals surface area contributed by atoms with Crippen LogP contribution in [0.15, 0.2) is 24.3 Å². The molecule has 1 aliphatic carbocycles. The largest absolute Gasteiger partial charge is 0.494 e. The molecule has 3 nitrogen and oxygen atoms in total. The molecule has 1 aromatic rings. The van der Waals surface area contributed by atoms with Crippen LogP contribution in [0.1, 0.15) is 38.2 Å². The Kier molecular flexibility index (Phi) is 6.34. The van der Waals surface area contributed by atoms with E-state index in [1.165, 1.54) is 24.8 Å². The number of unbranched alkanes of at least 4 members (excludes halogenated alkanes) is 1. The van der Waals surface area contributed by atoms with Crippen LogP contribution >= 0.6 is 0 Å². The van der Waals surface area contributed by atoms with Crippen LogP contribution in [-0.4, -0.2) is 37.7 Å². The summed E-state index contributed by atoms with van der Waals surface area (Å²) in [7, 11) is 2.22. The van der Waals surface area contributed by atoms with Gasteiger partial charge in [0.25, 0.3) is 0 Å². The van der Waals surface area contributed by atoms with E-state index in [-0.39, 0.29) is 0 Å². The van der Waals surface area contributed by atoms with Crippen LogP contribution < -0.4 is 10.1 Å². The molecule has 0 aromatic heterocycles. The molecule has 1 aromatic carbocycles. The van der Waals surface area contributed by atoms with Crippen LogP contribution in [0.3, 0.4) is 0 Å². The molecule has 0 unspecified atom stereocenters. The van der Waals surface area contributed by atoms with Gasteiger partial charge in [0.2, 0.25) is 0 Å². The number of nitrogens with zero attached hydrogens (tertiary/aromatic N) is 1. The zero-order chi connectivity index (χ0) is 14.2. The normalized spacial score (nSPS) is 14.8. The summed E-state index contributed by atoms with van der Waals surface area (Å²) >= 11 is 0. The fraction of sp³-hybridized carbons (Fsp3) is 0.647. The lowest BCUT2D eigenvalue weighted by molar-refractivity contribution is 0.309. The molecule has 3 heteroatoms. The van der Waals surface area contributed by atoms with Gasteiger partial charge in [-0.25, -0.2) is 0 Å². The number of hydrogen-bond donors (Lipinski definition) is 1. The van der Waals surface area contributed by atoms with Gasteiger partial charge in [-0.1, -0.05) is 25.5 Å². The van der Waals surface area contributed by atoms with Crippen molar-refractivity contribution in [1.29, 1.82) is 0 Å². The number of hydrogen-bond acceptors (Lipinski definition) is 3. The highest BCUT2D eigenvalue weighted by molar-refractivity contribution is 5.27. The second-order valence-corrected chi connectivity index (χ2v) is 5.73. The van der Waals surface area contributed by atoms with Gasteiger partial charge >= 0.3 is 0 Å². The van der Waals surface area contributed by atoms with Gasteiger partial charge in [0, 0.05) is 25.7 Å². The summed E-state index contributed by atoms with van der Waals surface area (Å²) in [6.07, 6.45) is 5.07. The van der Waals surface area contributed by atoms with Crippen molar-refractivity contribution in [2.45, 2.75) is 45.2 Å². The predicted molar refractivity (Wildman–Crippen MR) is 84.2 cm³/mol. The van der Waals surface area contributed by atoms with Crippen LogP contribution in [-0.2, 0) is 6.54 Å². The Morgan fingerprint density at radius 3 is 2.65 bits per heavy atom. The number of nitrogens with one attached hydrogen (secondary N) is 1. The molecule has 0 bridgehead atoms. The van der Waals surface area contributed by atoms with Gasteiger partial charge < -0.3 is 15.0 Å². The third-order valence-corrected chi connectivity index (χ3v) is 3.83. The highest BCUT2D eigenvalue weighted by atomic mass is 16.5. The summed E-state index contributed by atoms with van der Waals surface area (Å²) in [5, 5.41) is 3.50. The first-order chi connectivity index (χ1) is 9.79. The predicted octanol–water partition coefficient (Wildman–Crippen LogP) is 3.05. The van der Waals surface area contributed by atoms with Crippen molar-refractivity contribution in [3.63, 3.8) is 0 Å². The topological polar surface area (TPSA) is 24.5 Å². The van der Waals surface area contributed by atoms with Crippen molar-refractivity contribution in [2.75, 3.05) is 26.7 Å². The Hall–Kier alpha value is -1.06. The Morgan fingerprint density at radius 2 is 2.00 bits per heavy atom. The average molecular weight is 276 g/mol. The molecule has 112 valence electrons. The lowest BCUT2D eigenvalue weighted by Crippen LogP contribution is -2.30. The van der Waals surface area contributed by atoms with Gasteiger partial charge in [-0.2, -0.15) is 0 Å². The van der Waals surface area contributed by atoms with Crippen molar-refractivity contribution in [3.05, 3.63) is 29.8 Å². The summed E-state index contributed by atoms with van der Waals surface area (Å²) in [6.45, 7) is 6.14. The van der Waals surface area contributed by atoms with Crippen LogP contribution in [0.25, 0.3) is 0 Å². The molecule has 0 spiro atoms. The van der Waals surface area contributed by atoms with E-state index in [1.54, 1.807) is 0 Å². The number of rotatable bonds is 10. The second-order valence-electron chi connectivity index (χ2n) is 5.73. The molecule has 2 rings (SSSR count). The van der Waals surface area contributed by atoms with E-state index in [9.17, 15) is 0 Å². The fourth-order valence-electron chi connectivity index (χ4n) is 2.22. The zero-order valence-electron chi connectivity index (χ0n) is 12.9. The standard InChI is InChI=1S/C17H28N2O/c1-3-4-13-20-17-9-5-15(6-10-17)14-18-11-12-19(2)16-7-8-16/h5-6,9-10,16,18H,3-4,7-8,11-14H2,1-2H3. The molecule has 0 saturated heterocycles. The maximum Gasteiger partial charge on any atom is 0.119 e. The van der Waals surface area contributed by atoms with Gasteiger partial charge in [-0.05, 0) is 44.0 Å². The van der Waals surface area contributed by atoms with Gasteiger partial charge in [0.15, 0.2) is 0 Å².